The highest BCUT2D eigenvalue weighted by Crippen LogP contribution is 2.27. The molecule has 3 aromatic heterocycles. The first-order chi connectivity index (χ1) is 12.3. The van der Waals surface area contributed by atoms with Crippen molar-refractivity contribution in [2.45, 2.75) is 32.2 Å². The maximum absolute atomic E-state index is 4.82. The number of aromatic nitrogens is 5. The Hall–Kier alpha value is -2.60. The minimum atomic E-state index is 0.404. The van der Waals surface area contributed by atoms with Crippen molar-refractivity contribution in [2.75, 3.05) is 13.1 Å². The number of rotatable bonds is 4. The second-order valence-corrected chi connectivity index (χ2v) is 6.64. The third kappa shape index (κ3) is 3.74. The van der Waals surface area contributed by atoms with Crippen LogP contribution < -0.4 is 0 Å². The number of aromatic amines is 1. The molecule has 128 valence electrons. The van der Waals surface area contributed by atoms with Crippen molar-refractivity contribution in [1.29, 1.82) is 0 Å². The molecule has 0 radical (unpaired) electrons. The lowest BCUT2D eigenvalue weighted by atomic mass is 9.95. The summed E-state index contributed by atoms with van der Waals surface area (Å²) in [5.74, 6) is 1.19. The minimum Gasteiger partial charge on any atom is -0.341 e. The SMILES string of the molecule is Cc1cnc(-c2cncc([C@H]3CCCN(Cc4ccccn4)C3)n2)[nH]1. The molecule has 0 bridgehead atoms. The molecule has 0 spiro atoms. The molecule has 0 aromatic carbocycles. The van der Waals surface area contributed by atoms with Crippen LogP contribution in [0.1, 0.15) is 35.8 Å². The Morgan fingerprint density at radius 1 is 1.20 bits per heavy atom. The number of H-pyrrole nitrogens is 1. The fourth-order valence-corrected chi connectivity index (χ4v) is 3.40. The van der Waals surface area contributed by atoms with Gasteiger partial charge in [0.2, 0.25) is 0 Å². The Morgan fingerprint density at radius 3 is 2.96 bits per heavy atom. The summed E-state index contributed by atoms with van der Waals surface area (Å²) in [6, 6.07) is 6.09. The van der Waals surface area contributed by atoms with Crippen molar-refractivity contribution < 1.29 is 0 Å². The number of pyridine rings is 1. The zero-order valence-corrected chi connectivity index (χ0v) is 14.4. The summed E-state index contributed by atoms with van der Waals surface area (Å²) in [7, 11) is 0. The molecule has 0 unspecified atom stereocenters. The summed E-state index contributed by atoms with van der Waals surface area (Å²) in [6.45, 7) is 4.98. The van der Waals surface area contributed by atoms with Gasteiger partial charge in [-0.2, -0.15) is 0 Å². The maximum atomic E-state index is 4.82. The molecule has 3 aromatic rings. The van der Waals surface area contributed by atoms with Crippen LogP contribution in [0, 0.1) is 6.92 Å². The van der Waals surface area contributed by atoms with Gasteiger partial charge in [0.1, 0.15) is 5.69 Å². The van der Waals surface area contributed by atoms with Gasteiger partial charge in [-0.25, -0.2) is 9.97 Å². The van der Waals surface area contributed by atoms with Crippen molar-refractivity contribution in [2.24, 2.45) is 0 Å². The molecular weight excluding hydrogens is 312 g/mol. The van der Waals surface area contributed by atoms with Gasteiger partial charge in [0.15, 0.2) is 5.82 Å². The highest BCUT2D eigenvalue weighted by Gasteiger charge is 2.23. The zero-order valence-electron chi connectivity index (χ0n) is 14.4. The highest BCUT2D eigenvalue weighted by atomic mass is 15.1. The maximum Gasteiger partial charge on any atom is 0.157 e. The molecule has 6 nitrogen and oxygen atoms in total. The molecule has 1 aliphatic rings. The standard InChI is InChI=1S/C19H22N6/c1-14-9-22-19(23-14)18-11-20-10-17(24-18)15-5-4-8-25(12-15)13-16-6-2-3-7-21-16/h2-3,6-7,9-11,15H,4-5,8,12-13H2,1H3,(H,22,23)/t15-/m0/s1. The smallest absolute Gasteiger partial charge is 0.157 e. The van der Waals surface area contributed by atoms with E-state index in [1.807, 2.05) is 37.6 Å². The number of likely N-dealkylation sites (tertiary alicyclic amines) is 1. The van der Waals surface area contributed by atoms with Crippen LogP contribution in [0.25, 0.3) is 11.5 Å². The van der Waals surface area contributed by atoms with Gasteiger partial charge in [-0.15, -0.1) is 0 Å². The van der Waals surface area contributed by atoms with E-state index in [0.717, 1.165) is 54.7 Å². The van der Waals surface area contributed by atoms with Crippen molar-refractivity contribution >= 4 is 0 Å². The summed E-state index contributed by atoms with van der Waals surface area (Å²) in [5, 5.41) is 0. The fourth-order valence-electron chi connectivity index (χ4n) is 3.40. The number of nitrogens with one attached hydrogen (secondary N) is 1. The number of imidazole rings is 1. The van der Waals surface area contributed by atoms with E-state index in [9.17, 15) is 0 Å². The van der Waals surface area contributed by atoms with Crippen LogP contribution in [0.5, 0.6) is 0 Å². The summed E-state index contributed by atoms with van der Waals surface area (Å²) in [4.78, 5) is 23.7. The largest absolute Gasteiger partial charge is 0.341 e. The number of nitrogens with zero attached hydrogens (tertiary/aromatic N) is 5. The van der Waals surface area contributed by atoms with Gasteiger partial charge in [-0.05, 0) is 38.4 Å². The molecule has 4 heterocycles. The van der Waals surface area contributed by atoms with Gasteiger partial charge in [0.05, 0.1) is 17.6 Å². The summed E-state index contributed by atoms with van der Waals surface area (Å²) in [5.41, 5.74) is 4.01. The second kappa shape index (κ2) is 7.11. The number of hydrogen-bond acceptors (Lipinski definition) is 5. The molecule has 0 amide bonds. The van der Waals surface area contributed by atoms with Crippen molar-refractivity contribution in [3.63, 3.8) is 0 Å². The molecule has 1 saturated heterocycles. The lowest BCUT2D eigenvalue weighted by Gasteiger charge is -2.32. The van der Waals surface area contributed by atoms with Crippen LogP contribution in [0.2, 0.25) is 0 Å². The molecule has 0 aliphatic carbocycles. The van der Waals surface area contributed by atoms with Gasteiger partial charge in [-0.3, -0.25) is 14.9 Å². The van der Waals surface area contributed by atoms with Crippen molar-refractivity contribution in [3.8, 4) is 11.5 Å². The van der Waals surface area contributed by atoms with E-state index in [1.165, 1.54) is 6.42 Å². The van der Waals surface area contributed by atoms with Crippen LogP contribution >= 0.6 is 0 Å². The zero-order chi connectivity index (χ0) is 17.1. The van der Waals surface area contributed by atoms with Crippen molar-refractivity contribution in [3.05, 3.63) is 60.1 Å². The molecule has 4 rings (SSSR count). The molecule has 1 aliphatic heterocycles. The monoisotopic (exact) mass is 334 g/mol. The minimum absolute atomic E-state index is 0.404. The Morgan fingerprint density at radius 2 is 2.16 bits per heavy atom. The van der Waals surface area contributed by atoms with Gasteiger partial charge in [0.25, 0.3) is 0 Å². The van der Waals surface area contributed by atoms with Gasteiger partial charge in [0, 0.05) is 43.3 Å². The predicted molar refractivity (Wildman–Crippen MR) is 95.8 cm³/mol. The van der Waals surface area contributed by atoms with E-state index in [0.29, 0.717) is 5.92 Å². The molecule has 1 N–H and O–H groups in total. The molecule has 0 saturated carbocycles. The first-order valence-corrected chi connectivity index (χ1v) is 8.74. The van der Waals surface area contributed by atoms with Crippen LogP contribution in [0.3, 0.4) is 0 Å². The topological polar surface area (TPSA) is 70.6 Å². The van der Waals surface area contributed by atoms with E-state index in [-0.39, 0.29) is 0 Å². The molecule has 1 atom stereocenters. The number of piperidine rings is 1. The normalized spacial score (nSPS) is 18.4. The average molecular weight is 334 g/mol. The Balaban J connectivity index is 1.49. The van der Waals surface area contributed by atoms with E-state index in [1.54, 1.807) is 6.20 Å². The summed E-state index contributed by atoms with van der Waals surface area (Å²) >= 11 is 0. The fraction of sp³-hybridized carbons (Fsp3) is 0.368. The third-order valence-electron chi connectivity index (χ3n) is 4.63. The van der Waals surface area contributed by atoms with E-state index >= 15 is 0 Å². The van der Waals surface area contributed by atoms with E-state index < -0.39 is 0 Å². The number of hydrogen-bond donors (Lipinski definition) is 1. The van der Waals surface area contributed by atoms with E-state index in [2.05, 4.69) is 30.9 Å². The lowest BCUT2D eigenvalue weighted by molar-refractivity contribution is 0.196. The van der Waals surface area contributed by atoms with Gasteiger partial charge in [-0.1, -0.05) is 6.07 Å². The lowest BCUT2D eigenvalue weighted by Crippen LogP contribution is -2.34. The van der Waals surface area contributed by atoms with Crippen LogP contribution in [-0.2, 0) is 6.54 Å². The summed E-state index contributed by atoms with van der Waals surface area (Å²) in [6.07, 6.45) is 9.66. The molecule has 1 fully saturated rings. The third-order valence-corrected chi connectivity index (χ3v) is 4.63. The quantitative estimate of drug-likeness (QED) is 0.794. The van der Waals surface area contributed by atoms with Gasteiger partial charge >= 0.3 is 0 Å². The van der Waals surface area contributed by atoms with Crippen LogP contribution in [0.15, 0.2) is 43.0 Å². The second-order valence-electron chi connectivity index (χ2n) is 6.64. The van der Waals surface area contributed by atoms with E-state index in [4.69, 9.17) is 4.98 Å². The molecular formula is C19H22N6. The Kier molecular flexibility index (Phi) is 4.52. The summed E-state index contributed by atoms with van der Waals surface area (Å²) < 4.78 is 0. The average Bonchev–Trinajstić information content (AvgIpc) is 3.09. The molecule has 6 heteroatoms. The first-order valence-electron chi connectivity index (χ1n) is 8.74. The Labute approximate surface area is 147 Å². The highest BCUT2D eigenvalue weighted by molar-refractivity contribution is 5.48. The molecule has 25 heavy (non-hydrogen) atoms. The van der Waals surface area contributed by atoms with Crippen LogP contribution in [0.4, 0.5) is 0 Å². The van der Waals surface area contributed by atoms with Crippen molar-refractivity contribution in [1.82, 2.24) is 29.8 Å². The van der Waals surface area contributed by atoms with Gasteiger partial charge < -0.3 is 4.98 Å². The number of aryl methyl sites for hydroxylation is 1. The first kappa shape index (κ1) is 15.9. The van der Waals surface area contributed by atoms with Crippen LogP contribution in [-0.4, -0.2) is 42.9 Å². The Bertz CT molecular complexity index is 829. The predicted octanol–water partition coefficient (Wildman–Crippen LogP) is 2.95.